The lowest BCUT2D eigenvalue weighted by molar-refractivity contribution is 0.233. The van der Waals surface area contributed by atoms with Gasteiger partial charge >= 0.3 is 0 Å². The van der Waals surface area contributed by atoms with Gasteiger partial charge in [-0.1, -0.05) is 130 Å². The zero-order valence-corrected chi connectivity index (χ0v) is 27.3. The van der Waals surface area contributed by atoms with E-state index in [0.29, 0.717) is 11.8 Å². The Balaban J connectivity index is 1.11. The molecule has 2 nitrogen and oxygen atoms in total. The number of nitrogens with zero attached hydrogens (tertiary/aromatic N) is 1. The molecule has 46 heavy (non-hydrogen) atoms. The lowest BCUT2D eigenvalue weighted by Crippen LogP contribution is -2.35. The minimum atomic E-state index is -0.0402. The fourth-order valence-corrected chi connectivity index (χ4v) is 11.0. The van der Waals surface area contributed by atoms with E-state index in [4.69, 9.17) is 4.99 Å². The van der Waals surface area contributed by atoms with Crippen LogP contribution in [0.4, 0.5) is 5.00 Å². The Morgan fingerprint density at radius 1 is 0.783 bits per heavy atom. The molecule has 1 saturated carbocycles. The van der Waals surface area contributed by atoms with Gasteiger partial charge in [-0.15, -0.1) is 11.3 Å². The molecule has 1 aliphatic heterocycles. The number of rotatable bonds is 2. The van der Waals surface area contributed by atoms with Crippen LogP contribution < -0.4 is 5.32 Å². The summed E-state index contributed by atoms with van der Waals surface area (Å²) in [6.07, 6.45) is 12.1. The number of hydrogen-bond acceptors (Lipinski definition) is 3. The molecule has 0 amide bonds. The van der Waals surface area contributed by atoms with Gasteiger partial charge in [0.1, 0.15) is 16.9 Å². The number of anilines is 1. The van der Waals surface area contributed by atoms with Crippen LogP contribution >= 0.6 is 11.3 Å². The van der Waals surface area contributed by atoms with Crippen LogP contribution in [-0.4, -0.2) is 5.84 Å². The number of benzene rings is 4. The Labute approximate surface area is 275 Å². The summed E-state index contributed by atoms with van der Waals surface area (Å²) < 4.78 is 1.30. The summed E-state index contributed by atoms with van der Waals surface area (Å²) in [6.45, 7) is 4.86. The lowest BCUT2D eigenvalue weighted by Gasteiger charge is -2.41. The predicted molar refractivity (Wildman–Crippen MR) is 193 cm³/mol. The van der Waals surface area contributed by atoms with Crippen LogP contribution in [0, 0.1) is 5.92 Å². The third-order valence-electron chi connectivity index (χ3n) is 12.1. The number of nitrogens with one attached hydrogen (secondary N) is 1. The van der Waals surface area contributed by atoms with Crippen molar-refractivity contribution >= 4 is 37.8 Å². The van der Waals surface area contributed by atoms with Crippen LogP contribution in [0.3, 0.4) is 0 Å². The van der Waals surface area contributed by atoms with Crippen LogP contribution in [0.1, 0.15) is 96.9 Å². The summed E-state index contributed by atoms with van der Waals surface area (Å²) >= 11 is 1.84. The van der Waals surface area contributed by atoms with E-state index < -0.39 is 0 Å². The normalized spacial score (nSPS) is 24.6. The van der Waals surface area contributed by atoms with Crippen LogP contribution in [0.25, 0.3) is 15.7 Å². The molecule has 5 aliphatic rings. The van der Waals surface area contributed by atoms with E-state index in [1.807, 2.05) is 11.3 Å². The van der Waals surface area contributed by atoms with Crippen molar-refractivity contribution in [2.45, 2.75) is 68.7 Å². The molecule has 1 N–H and O–H groups in total. The van der Waals surface area contributed by atoms with Gasteiger partial charge in [0.2, 0.25) is 0 Å². The second-order valence-electron chi connectivity index (χ2n) is 14.7. The summed E-state index contributed by atoms with van der Waals surface area (Å²) in [5.74, 6) is 1.98. The van der Waals surface area contributed by atoms with Gasteiger partial charge in [-0.05, 0) is 69.9 Å². The second-order valence-corrected chi connectivity index (χ2v) is 15.7. The Bertz CT molecular complexity index is 2150. The van der Waals surface area contributed by atoms with E-state index in [2.05, 4.69) is 128 Å². The number of thiophene rings is 1. The van der Waals surface area contributed by atoms with Gasteiger partial charge in [0.25, 0.3) is 0 Å². The third-order valence-corrected chi connectivity index (χ3v) is 13.2. The molecule has 4 aromatic carbocycles. The van der Waals surface area contributed by atoms with Gasteiger partial charge in [-0.25, -0.2) is 0 Å². The molecule has 1 spiro atoms. The number of fused-ring (bicyclic) bond motifs is 11. The molecular weight excluding hydrogens is 577 g/mol. The van der Waals surface area contributed by atoms with Crippen molar-refractivity contribution in [3.63, 3.8) is 0 Å². The smallest absolute Gasteiger partial charge is 0.134 e. The first-order valence-corrected chi connectivity index (χ1v) is 17.9. The average Bonchev–Trinajstić information content (AvgIpc) is 3.68. The Kier molecular flexibility index (Phi) is 5.66. The van der Waals surface area contributed by atoms with E-state index in [1.165, 1.54) is 86.2 Å². The van der Waals surface area contributed by atoms with E-state index >= 15 is 0 Å². The van der Waals surface area contributed by atoms with Crippen LogP contribution in [0.2, 0.25) is 0 Å². The Hall–Kier alpha value is -4.21. The number of aliphatic imine (C=N–C) groups is 1. The highest BCUT2D eigenvalue weighted by molar-refractivity contribution is 7.23. The largest absolute Gasteiger partial charge is 0.331 e. The molecule has 3 atom stereocenters. The SMILES string of the molecule is CC1(C)C2=CC3c4ccccc4C4(CCCCC4)C3C=C2c2cc(C3=NC(c4ccccc4)c4c(sc5ccccc45)N3)ccc21. The first kappa shape index (κ1) is 27.0. The number of allylic oxidation sites excluding steroid dienone is 4. The maximum atomic E-state index is 5.48. The monoisotopic (exact) mass is 614 g/mol. The second kappa shape index (κ2) is 9.65. The van der Waals surface area contributed by atoms with E-state index in [1.54, 1.807) is 11.1 Å². The predicted octanol–water partition coefficient (Wildman–Crippen LogP) is 11.1. The zero-order chi connectivity index (χ0) is 30.6. The van der Waals surface area contributed by atoms with Crippen molar-refractivity contribution in [1.82, 2.24) is 0 Å². The summed E-state index contributed by atoms with van der Waals surface area (Å²) in [7, 11) is 0. The van der Waals surface area contributed by atoms with Gasteiger partial charge in [0.05, 0.1) is 0 Å². The first-order chi connectivity index (χ1) is 22.5. The van der Waals surface area contributed by atoms with Crippen LogP contribution in [-0.2, 0) is 10.8 Å². The highest BCUT2D eigenvalue weighted by Gasteiger charge is 2.53. The van der Waals surface area contributed by atoms with Crippen molar-refractivity contribution in [2.24, 2.45) is 10.9 Å². The van der Waals surface area contributed by atoms with Crippen molar-refractivity contribution in [1.29, 1.82) is 0 Å². The minimum Gasteiger partial charge on any atom is -0.331 e. The molecule has 226 valence electrons. The Morgan fingerprint density at radius 3 is 2.43 bits per heavy atom. The highest BCUT2D eigenvalue weighted by Crippen LogP contribution is 2.63. The lowest BCUT2D eigenvalue weighted by atomic mass is 9.62. The molecule has 1 fully saturated rings. The van der Waals surface area contributed by atoms with Gasteiger partial charge in [-0.3, -0.25) is 4.99 Å². The summed E-state index contributed by atoms with van der Waals surface area (Å²) in [6, 6.07) is 36.1. The van der Waals surface area contributed by atoms with E-state index in [9.17, 15) is 0 Å². The summed E-state index contributed by atoms with van der Waals surface area (Å²) in [5.41, 5.74) is 13.0. The average molecular weight is 615 g/mol. The fourth-order valence-electron chi connectivity index (χ4n) is 9.91. The van der Waals surface area contributed by atoms with E-state index in [0.717, 1.165) is 5.84 Å². The molecule has 3 heteroatoms. The molecule has 5 aromatic rings. The molecule has 0 radical (unpaired) electrons. The van der Waals surface area contributed by atoms with Crippen molar-refractivity contribution in [3.05, 3.63) is 154 Å². The molecule has 3 unspecified atom stereocenters. The maximum absolute atomic E-state index is 5.48. The quantitative estimate of drug-likeness (QED) is 0.210. The topological polar surface area (TPSA) is 24.4 Å². The molecule has 4 aliphatic carbocycles. The van der Waals surface area contributed by atoms with E-state index in [-0.39, 0.29) is 16.9 Å². The number of hydrogen-bond donors (Lipinski definition) is 1. The van der Waals surface area contributed by atoms with Crippen molar-refractivity contribution in [3.8, 4) is 0 Å². The van der Waals surface area contributed by atoms with Gasteiger partial charge in [0.15, 0.2) is 0 Å². The van der Waals surface area contributed by atoms with Gasteiger partial charge in [-0.2, -0.15) is 0 Å². The standard InChI is InChI=1S/C43H38N2S/c1-42(2)33-20-19-27(40-44-39(26-13-5-3-6-14-26)38-29-16-8-10-18-37(29)46-41(38)45-40)23-30(33)32-25-36-31(24-35(32)42)28-15-7-9-17-34(28)43(36)21-11-4-12-22-43/h3,5-10,13-20,23-25,31,36,39H,4,11-12,21-22H2,1-2H3,(H,44,45). The molecule has 0 saturated heterocycles. The first-order valence-electron chi connectivity index (χ1n) is 17.1. The zero-order valence-electron chi connectivity index (χ0n) is 26.5. The third kappa shape index (κ3) is 3.61. The number of amidine groups is 1. The summed E-state index contributed by atoms with van der Waals surface area (Å²) in [4.78, 5) is 5.48. The van der Waals surface area contributed by atoms with Crippen LogP contribution in [0.15, 0.2) is 120 Å². The fraction of sp³-hybridized carbons (Fsp3) is 0.279. The van der Waals surface area contributed by atoms with Crippen molar-refractivity contribution < 1.29 is 0 Å². The summed E-state index contributed by atoms with van der Waals surface area (Å²) in [5, 5.41) is 6.33. The Morgan fingerprint density at radius 2 is 1.57 bits per heavy atom. The molecule has 1 aromatic heterocycles. The minimum absolute atomic E-state index is 0.0328. The molecular formula is C43H38N2S. The molecule has 0 bridgehead atoms. The van der Waals surface area contributed by atoms with Crippen molar-refractivity contribution in [2.75, 3.05) is 5.32 Å². The highest BCUT2D eigenvalue weighted by atomic mass is 32.1. The molecule has 10 rings (SSSR count). The van der Waals surface area contributed by atoms with Gasteiger partial charge in [0, 0.05) is 38.0 Å². The van der Waals surface area contributed by atoms with Crippen LogP contribution in [0.5, 0.6) is 0 Å². The van der Waals surface area contributed by atoms with Gasteiger partial charge < -0.3 is 5.32 Å². The maximum Gasteiger partial charge on any atom is 0.134 e. The molecule has 2 heterocycles.